The molecule has 0 bridgehead atoms. The molecule has 1 aromatic heterocycles. The van der Waals surface area contributed by atoms with Crippen LogP contribution in [0.15, 0.2) is 36.5 Å². The molecule has 0 atom stereocenters. The largest absolute Gasteiger partial charge is 0.296 e. The maximum Gasteiger partial charge on any atom is 0.168 e. The molecule has 1 heterocycles. The van der Waals surface area contributed by atoms with Crippen LogP contribution in [0, 0.1) is 5.82 Å². The van der Waals surface area contributed by atoms with Gasteiger partial charge in [0.05, 0.1) is 0 Å². The van der Waals surface area contributed by atoms with Crippen LogP contribution in [0.2, 0.25) is 5.02 Å². The van der Waals surface area contributed by atoms with Crippen molar-refractivity contribution < 1.29 is 9.18 Å². The van der Waals surface area contributed by atoms with Gasteiger partial charge in [0.1, 0.15) is 11.5 Å². The summed E-state index contributed by atoms with van der Waals surface area (Å²) in [4.78, 5) is 14.3. The number of carbonyl (C=O) groups is 1. The van der Waals surface area contributed by atoms with E-state index in [2.05, 4.69) is 4.98 Å². The van der Waals surface area contributed by atoms with Crippen molar-refractivity contribution in [2.24, 2.45) is 0 Å². The number of carbonyl (C=O) groups excluding carboxylic acids is 1. The van der Waals surface area contributed by atoms with Crippen LogP contribution in [0.25, 0.3) is 11.1 Å². The van der Waals surface area contributed by atoms with Gasteiger partial charge < -0.3 is 0 Å². The van der Waals surface area contributed by atoms with E-state index in [0.717, 1.165) is 0 Å². The summed E-state index contributed by atoms with van der Waals surface area (Å²) in [5.74, 6) is -0.401. The second-order valence-electron chi connectivity index (χ2n) is 3.25. The summed E-state index contributed by atoms with van der Waals surface area (Å²) in [6, 6.07) is 7.51. The normalized spacial score (nSPS) is 10.1. The average molecular weight is 236 g/mol. The van der Waals surface area contributed by atoms with E-state index in [-0.39, 0.29) is 0 Å². The summed E-state index contributed by atoms with van der Waals surface area (Å²) in [5, 5.41) is 0.328. The summed E-state index contributed by atoms with van der Waals surface area (Å²) >= 11 is 5.74. The molecule has 2 aromatic rings. The Balaban J connectivity index is 2.45. The summed E-state index contributed by atoms with van der Waals surface area (Å²) in [6.45, 7) is 0. The van der Waals surface area contributed by atoms with E-state index in [1.165, 1.54) is 18.3 Å². The number of pyridine rings is 1. The Morgan fingerprint density at radius 3 is 2.56 bits per heavy atom. The summed E-state index contributed by atoms with van der Waals surface area (Å²) in [6.07, 6.45) is 2.16. The molecule has 0 fully saturated rings. The molecule has 80 valence electrons. The Morgan fingerprint density at radius 2 is 2.00 bits per heavy atom. The Morgan fingerprint density at radius 1 is 1.19 bits per heavy atom. The van der Waals surface area contributed by atoms with Gasteiger partial charge in [-0.15, -0.1) is 0 Å². The fraction of sp³-hybridized carbons (Fsp3) is 0. The lowest BCUT2D eigenvalue weighted by Crippen LogP contribution is -1.87. The molecule has 2 rings (SSSR count). The molecule has 0 saturated heterocycles. The Hall–Kier alpha value is -1.74. The van der Waals surface area contributed by atoms with Crippen LogP contribution in [-0.2, 0) is 0 Å². The average Bonchev–Trinajstić information content (AvgIpc) is 2.28. The van der Waals surface area contributed by atoms with E-state index in [1.807, 2.05) is 0 Å². The maximum absolute atomic E-state index is 13.1. The van der Waals surface area contributed by atoms with E-state index in [1.54, 1.807) is 18.2 Å². The molecular weight excluding hydrogens is 229 g/mol. The highest BCUT2D eigenvalue weighted by molar-refractivity contribution is 6.30. The van der Waals surface area contributed by atoms with Crippen LogP contribution >= 0.6 is 11.6 Å². The number of halogens is 2. The van der Waals surface area contributed by atoms with Gasteiger partial charge in [-0.05, 0) is 29.8 Å². The zero-order chi connectivity index (χ0) is 11.5. The molecular formula is C12H7ClFNO. The van der Waals surface area contributed by atoms with Gasteiger partial charge in [0.25, 0.3) is 0 Å². The monoisotopic (exact) mass is 235 g/mol. The molecule has 0 N–H and O–H groups in total. The van der Waals surface area contributed by atoms with Crippen molar-refractivity contribution in [2.75, 3.05) is 0 Å². The second-order valence-corrected chi connectivity index (χ2v) is 3.68. The van der Waals surface area contributed by atoms with Gasteiger partial charge >= 0.3 is 0 Å². The summed E-state index contributed by atoms with van der Waals surface area (Å²) in [5.41, 5.74) is 1.69. The van der Waals surface area contributed by atoms with Gasteiger partial charge in [-0.25, -0.2) is 4.39 Å². The van der Waals surface area contributed by atoms with Crippen LogP contribution in [0.4, 0.5) is 4.39 Å². The molecule has 0 aliphatic rings. The molecule has 0 radical (unpaired) electrons. The van der Waals surface area contributed by atoms with Crippen molar-refractivity contribution in [3.63, 3.8) is 0 Å². The number of hydrogen-bond donors (Lipinski definition) is 0. The predicted molar refractivity (Wildman–Crippen MR) is 60.0 cm³/mol. The van der Waals surface area contributed by atoms with Crippen LogP contribution < -0.4 is 0 Å². The van der Waals surface area contributed by atoms with E-state index < -0.39 is 5.82 Å². The summed E-state index contributed by atoms with van der Waals surface area (Å²) in [7, 11) is 0. The number of aromatic nitrogens is 1. The van der Waals surface area contributed by atoms with Crippen molar-refractivity contribution in [3.8, 4) is 11.1 Å². The fourth-order valence-corrected chi connectivity index (χ4v) is 1.59. The van der Waals surface area contributed by atoms with Gasteiger partial charge in [-0.3, -0.25) is 9.78 Å². The molecule has 0 unspecified atom stereocenters. The number of hydrogen-bond acceptors (Lipinski definition) is 2. The smallest absolute Gasteiger partial charge is 0.168 e. The van der Waals surface area contributed by atoms with E-state index in [0.29, 0.717) is 28.1 Å². The van der Waals surface area contributed by atoms with Crippen molar-refractivity contribution in [1.82, 2.24) is 4.98 Å². The first-order chi connectivity index (χ1) is 7.69. The third-order valence-corrected chi connectivity index (χ3v) is 2.32. The molecule has 0 aliphatic carbocycles. The topological polar surface area (TPSA) is 30.0 Å². The lowest BCUT2D eigenvalue weighted by atomic mass is 10.1. The molecule has 4 heteroatoms. The quantitative estimate of drug-likeness (QED) is 0.747. The van der Waals surface area contributed by atoms with E-state index >= 15 is 0 Å². The standard InChI is InChI=1S/C12H7ClFNO/c13-10-3-9(4-11(14)5-10)8-1-2-12(7-16)15-6-8/h1-7H. The second kappa shape index (κ2) is 4.41. The minimum absolute atomic E-state index is 0.328. The molecule has 2 nitrogen and oxygen atoms in total. The first-order valence-electron chi connectivity index (χ1n) is 4.57. The third kappa shape index (κ3) is 2.25. The van der Waals surface area contributed by atoms with Gasteiger partial charge in [0.15, 0.2) is 6.29 Å². The molecule has 0 amide bonds. The Labute approximate surface area is 96.7 Å². The number of nitrogens with zero attached hydrogens (tertiary/aromatic N) is 1. The lowest BCUT2D eigenvalue weighted by Gasteiger charge is -2.02. The van der Waals surface area contributed by atoms with Crippen molar-refractivity contribution in [1.29, 1.82) is 0 Å². The highest BCUT2D eigenvalue weighted by Crippen LogP contribution is 2.23. The molecule has 0 aliphatic heterocycles. The van der Waals surface area contributed by atoms with Crippen LogP contribution in [0.3, 0.4) is 0 Å². The van der Waals surface area contributed by atoms with Crippen molar-refractivity contribution in [3.05, 3.63) is 53.1 Å². The van der Waals surface area contributed by atoms with E-state index in [9.17, 15) is 9.18 Å². The van der Waals surface area contributed by atoms with E-state index in [4.69, 9.17) is 11.6 Å². The number of rotatable bonds is 2. The van der Waals surface area contributed by atoms with Gasteiger partial charge in [-0.1, -0.05) is 17.7 Å². The summed E-state index contributed by atoms with van der Waals surface area (Å²) < 4.78 is 13.1. The highest BCUT2D eigenvalue weighted by atomic mass is 35.5. The minimum atomic E-state index is -0.401. The minimum Gasteiger partial charge on any atom is -0.296 e. The lowest BCUT2D eigenvalue weighted by molar-refractivity contribution is 0.111. The van der Waals surface area contributed by atoms with Gasteiger partial charge in [0, 0.05) is 16.8 Å². The zero-order valence-electron chi connectivity index (χ0n) is 8.15. The van der Waals surface area contributed by atoms with Gasteiger partial charge in [-0.2, -0.15) is 0 Å². The first kappa shape index (κ1) is 10.8. The Bertz CT molecular complexity index is 505. The molecule has 0 saturated carbocycles. The van der Waals surface area contributed by atoms with Gasteiger partial charge in [0.2, 0.25) is 0 Å². The Kier molecular flexibility index (Phi) is 2.97. The highest BCUT2D eigenvalue weighted by Gasteiger charge is 2.02. The van der Waals surface area contributed by atoms with Crippen LogP contribution in [0.1, 0.15) is 10.5 Å². The molecule has 1 aromatic carbocycles. The zero-order valence-corrected chi connectivity index (χ0v) is 8.91. The maximum atomic E-state index is 13.1. The van der Waals surface area contributed by atoms with Crippen LogP contribution in [-0.4, -0.2) is 11.3 Å². The number of benzene rings is 1. The predicted octanol–water partition coefficient (Wildman–Crippen LogP) is 3.35. The van der Waals surface area contributed by atoms with Crippen molar-refractivity contribution in [2.45, 2.75) is 0 Å². The number of aldehydes is 1. The third-order valence-electron chi connectivity index (χ3n) is 2.10. The first-order valence-corrected chi connectivity index (χ1v) is 4.94. The van der Waals surface area contributed by atoms with Crippen molar-refractivity contribution >= 4 is 17.9 Å². The van der Waals surface area contributed by atoms with Crippen LogP contribution in [0.5, 0.6) is 0 Å². The SMILES string of the molecule is O=Cc1ccc(-c2cc(F)cc(Cl)c2)cn1. The fourth-order valence-electron chi connectivity index (χ4n) is 1.37. The molecule has 0 spiro atoms. The molecule has 16 heavy (non-hydrogen) atoms.